The van der Waals surface area contributed by atoms with E-state index in [-0.39, 0.29) is 30.6 Å². The highest BCUT2D eigenvalue weighted by molar-refractivity contribution is 7.99. The first-order chi connectivity index (χ1) is 12.1. The molecule has 0 aliphatic carbocycles. The van der Waals surface area contributed by atoms with Gasteiger partial charge in [-0.3, -0.25) is 14.3 Å². The molecule has 1 aliphatic rings. The van der Waals surface area contributed by atoms with Crippen LogP contribution in [0.2, 0.25) is 0 Å². The van der Waals surface area contributed by atoms with Crippen molar-refractivity contribution in [1.29, 1.82) is 0 Å². The molecule has 0 radical (unpaired) electrons. The molecule has 0 saturated carbocycles. The highest BCUT2D eigenvalue weighted by atomic mass is 32.2. The van der Waals surface area contributed by atoms with E-state index in [2.05, 4.69) is 27.9 Å². The van der Waals surface area contributed by atoms with Crippen molar-refractivity contribution in [3.05, 3.63) is 47.8 Å². The molecule has 1 aliphatic heterocycles. The molecule has 3 rings (SSSR count). The second kappa shape index (κ2) is 8.17. The maximum absolute atomic E-state index is 12.2. The number of amides is 2. The molecule has 0 saturated heterocycles. The Morgan fingerprint density at radius 1 is 1.40 bits per heavy atom. The van der Waals surface area contributed by atoms with Crippen LogP contribution in [0.4, 0.5) is 0 Å². The van der Waals surface area contributed by atoms with Crippen LogP contribution in [0.15, 0.2) is 41.3 Å². The maximum Gasteiger partial charge on any atom is 0.271 e. The smallest absolute Gasteiger partial charge is 0.271 e. The average Bonchev–Trinajstić information content (AvgIpc) is 2.98. The Balaban J connectivity index is 1.48. The number of aromatic nitrogens is 2. The van der Waals surface area contributed by atoms with Crippen LogP contribution in [0.25, 0.3) is 0 Å². The van der Waals surface area contributed by atoms with Gasteiger partial charge in [-0.15, -0.1) is 11.8 Å². The quantitative estimate of drug-likeness (QED) is 0.525. The molecule has 3 N–H and O–H groups in total. The molecule has 2 aromatic rings. The van der Waals surface area contributed by atoms with E-state index in [0.29, 0.717) is 12.2 Å². The number of nitrogens with one attached hydrogen (secondary N) is 2. The highest BCUT2D eigenvalue weighted by Gasteiger charge is 2.24. The van der Waals surface area contributed by atoms with Crippen molar-refractivity contribution in [3.8, 4) is 0 Å². The van der Waals surface area contributed by atoms with Gasteiger partial charge in [0.25, 0.3) is 11.8 Å². The van der Waals surface area contributed by atoms with E-state index < -0.39 is 6.10 Å². The van der Waals surface area contributed by atoms with Crippen LogP contribution >= 0.6 is 11.8 Å². The number of carbonyl (C=O) groups is 2. The number of thioether (sulfide) groups is 1. The molecule has 1 atom stereocenters. The summed E-state index contributed by atoms with van der Waals surface area (Å²) in [5.74, 6) is 0.258. The molecule has 25 heavy (non-hydrogen) atoms. The molecule has 0 bridgehead atoms. The van der Waals surface area contributed by atoms with E-state index >= 15 is 0 Å². The number of hydrogen-bond acceptors (Lipinski definition) is 5. The minimum absolute atomic E-state index is 0.183. The Morgan fingerprint density at radius 2 is 2.20 bits per heavy atom. The predicted octanol–water partition coefficient (Wildman–Crippen LogP) is 0.900. The SMILES string of the molecule is O=C(NCCCSc1ccccc1)c1cc2n(n1)CC(O)CNC2=O. The lowest BCUT2D eigenvalue weighted by Crippen LogP contribution is -2.30. The van der Waals surface area contributed by atoms with E-state index in [1.807, 2.05) is 18.2 Å². The van der Waals surface area contributed by atoms with Gasteiger partial charge in [-0.25, -0.2) is 0 Å². The first-order valence-corrected chi connectivity index (χ1v) is 9.12. The van der Waals surface area contributed by atoms with Crippen LogP contribution in [0.1, 0.15) is 27.4 Å². The van der Waals surface area contributed by atoms with Gasteiger partial charge in [-0.05, 0) is 24.3 Å². The summed E-state index contributed by atoms with van der Waals surface area (Å²) in [6.07, 6.45) is 0.119. The van der Waals surface area contributed by atoms with Crippen LogP contribution in [0.5, 0.6) is 0 Å². The third kappa shape index (κ3) is 4.61. The minimum atomic E-state index is -0.712. The van der Waals surface area contributed by atoms with Crippen molar-refractivity contribution in [2.24, 2.45) is 0 Å². The Kier molecular flexibility index (Phi) is 5.72. The van der Waals surface area contributed by atoms with Crippen molar-refractivity contribution in [1.82, 2.24) is 20.4 Å². The average molecular weight is 360 g/mol. The molecular weight excluding hydrogens is 340 g/mol. The molecule has 1 unspecified atom stereocenters. The molecule has 2 amide bonds. The highest BCUT2D eigenvalue weighted by Crippen LogP contribution is 2.17. The van der Waals surface area contributed by atoms with Crippen LogP contribution in [-0.2, 0) is 6.54 Å². The fourth-order valence-corrected chi connectivity index (χ4v) is 3.36. The summed E-state index contributed by atoms with van der Waals surface area (Å²) in [6.45, 7) is 0.910. The van der Waals surface area contributed by atoms with Crippen molar-refractivity contribution in [3.63, 3.8) is 0 Å². The lowest BCUT2D eigenvalue weighted by Gasteiger charge is -2.06. The number of β-amino-alcohol motifs (C(OH)–C–C–N with tert-alkyl or cyclic N) is 1. The van der Waals surface area contributed by atoms with Gasteiger partial charge in [0.05, 0.1) is 12.6 Å². The zero-order valence-corrected chi connectivity index (χ0v) is 14.5. The Bertz CT molecular complexity index is 748. The first-order valence-electron chi connectivity index (χ1n) is 8.13. The summed E-state index contributed by atoms with van der Waals surface area (Å²) >= 11 is 1.74. The summed E-state index contributed by atoms with van der Waals surface area (Å²) in [5.41, 5.74) is 0.483. The Morgan fingerprint density at radius 3 is 3.00 bits per heavy atom. The molecule has 132 valence electrons. The molecule has 0 fully saturated rings. The van der Waals surface area contributed by atoms with Gasteiger partial charge in [0.2, 0.25) is 0 Å². The summed E-state index contributed by atoms with van der Waals surface area (Å²) in [5, 5.41) is 19.3. The molecule has 1 aromatic heterocycles. The maximum atomic E-state index is 12.2. The van der Waals surface area contributed by atoms with Gasteiger partial charge in [0.15, 0.2) is 5.69 Å². The molecule has 1 aromatic carbocycles. The topological polar surface area (TPSA) is 96.2 Å². The molecule has 8 heteroatoms. The summed E-state index contributed by atoms with van der Waals surface area (Å²) < 4.78 is 1.38. The number of aliphatic hydroxyl groups is 1. The van der Waals surface area contributed by atoms with E-state index in [0.717, 1.165) is 12.2 Å². The summed E-state index contributed by atoms with van der Waals surface area (Å²) in [7, 11) is 0. The molecule has 0 spiro atoms. The van der Waals surface area contributed by atoms with E-state index in [1.54, 1.807) is 11.8 Å². The zero-order chi connectivity index (χ0) is 17.6. The van der Waals surface area contributed by atoms with Gasteiger partial charge in [-0.2, -0.15) is 5.10 Å². The second-order valence-electron chi connectivity index (χ2n) is 5.73. The van der Waals surface area contributed by atoms with Gasteiger partial charge < -0.3 is 15.7 Å². The first kappa shape index (κ1) is 17.5. The van der Waals surface area contributed by atoms with Crippen molar-refractivity contribution in [2.45, 2.75) is 24.0 Å². The number of nitrogens with zero attached hydrogens (tertiary/aromatic N) is 2. The standard InChI is InChI=1S/C17H20N4O3S/c22-12-10-19-17(24)15-9-14(20-21(15)11-12)16(23)18-7-4-8-25-13-5-2-1-3-6-13/h1-3,5-6,9,12,22H,4,7-8,10-11H2,(H,18,23)(H,19,24). The van der Waals surface area contributed by atoms with Crippen LogP contribution < -0.4 is 10.6 Å². The summed E-state index contributed by atoms with van der Waals surface area (Å²) in [6, 6.07) is 11.6. The van der Waals surface area contributed by atoms with Crippen LogP contribution in [0.3, 0.4) is 0 Å². The zero-order valence-electron chi connectivity index (χ0n) is 13.6. The largest absolute Gasteiger partial charge is 0.389 e. The fourth-order valence-electron chi connectivity index (χ4n) is 2.49. The minimum Gasteiger partial charge on any atom is -0.389 e. The number of aliphatic hydroxyl groups excluding tert-OH is 1. The van der Waals surface area contributed by atoms with Gasteiger partial charge >= 0.3 is 0 Å². The molecular formula is C17H20N4O3S. The predicted molar refractivity (Wildman–Crippen MR) is 94.7 cm³/mol. The number of fused-ring (bicyclic) bond motifs is 1. The number of benzene rings is 1. The monoisotopic (exact) mass is 360 g/mol. The third-order valence-corrected chi connectivity index (χ3v) is 4.84. The normalized spacial score (nSPS) is 16.7. The van der Waals surface area contributed by atoms with Crippen LogP contribution in [0, 0.1) is 0 Å². The van der Waals surface area contributed by atoms with Gasteiger partial charge in [-0.1, -0.05) is 18.2 Å². The second-order valence-corrected chi connectivity index (χ2v) is 6.90. The van der Waals surface area contributed by atoms with Gasteiger partial charge in [0.1, 0.15) is 5.69 Å². The van der Waals surface area contributed by atoms with E-state index in [9.17, 15) is 14.7 Å². The number of hydrogen-bond donors (Lipinski definition) is 3. The number of rotatable bonds is 6. The van der Waals surface area contributed by atoms with E-state index in [1.165, 1.54) is 15.6 Å². The third-order valence-electron chi connectivity index (χ3n) is 3.75. The Hall–Kier alpha value is -2.32. The molecule has 2 heterocycles. The fraction of sp³-hybridized carbons (Fsp3) is 0.353. The van der Waals surface area contributed by atoms with Crippen molar-refractivity contribution in [2.75, 3.05) is 18.8 Å². The molecule has 7 nitrogen and oxygen atoms in total. The van der Waals surface area contributed by atoms with Crippen LogP contribution in [-0.4, -0.2) is 51.6 Å². The van der Waals surface area contributed by atoms with Crippen molar-refractivity contribution < 1.29 is 14.7 Å². The van der Waals surface area contributed by atoms with Gasteiger partial charge in [0, 0.05) is 24.1 Å². The Labute approximate surface area is 149 Å². The van der Waals surface area contributed by atoms with Crippen molar-refractivity contribution >= 4 is 23.6 Å². The lowest BCUT2D eigenvalue weighted by atomic mass is 10.3. The number of carbonyl (C=O) groups excluding carboxylic acids is 2. The summed E-state index contributed by atoms with van der Waals surface area (Å²) in [4.78, 5) is 25.3. The lowest BCUT2D eigenvalue weighted by molar-refractivity contribution is 0.0931. The van der Waals surface area contributed by atoms with E-state index in [4.69, 9.17) is 0 Å².